The molecule has 0 unspecified atom stereocenters. The number of phosphoric ester groups is 1. The zero-order valence-electron chi connectivity index (χ0n) is 31.6. The van der Waals surface area contributed by atoms with E-state index in [1.807, 2.05) is 88.8 Å². The molecule has 276 valence electrons. The smallest absolute Gasteiger partial charge is 0.780 e. The molecule has 7 aromatic rings. The second-order valence-corrected chi connectivity index (χ2v) is 14.7. The van der Waals surface area contributed by atoms with E-state index in [-0.39, 0.29) is 83.6 Å². The molecule has 0 bridgehead atoms. The van der Waals surface area contributed by atoms with Gasteiger partial charge in [0.15, 0.2) is 11.5 Å². The third-order valence-corrected chi connectivity index (χ3v) is 10.6. The Labute approximate surface area is 371 Å². The van der Waals surface area contributed by atoms with Crippen LogP contribution in [-0.4, -0.2) is 43.5 Å². The summed E-state index contributed by atoms with van der Waals surface area (Å²) < 4.78 is 31.2. The molecule has 2 amide bonds. The van der Waals surface area contributed by atoms with Gasteiger partial charge in [-0.2, -0.15) is 0 Å². The van der Waals surface area contributed by atoms with Gasteiger partial charge in [0.05, 0.1) is 34.2 Å². The van der Waals surface area contributed by atoms with E-state index in [4.69, 9.17) is 9.47 Å². The fourth-order valence-corrected chi connectivity index (χ4v) is 7.90. The summed E-state index contributed by atoms with van der Waals surface area (Å²) in [5, 5.41) is 0.789. The summed E-state index contributed by atoms with van der Waals surface area (Å²) in [5.41, 5.74) is 6.23. The van der Waals surface area contributed by atoms with Crippen LogP contribution < -0.4 is 87.8 Å². The van der Waals surface area contributed by atoms with Crippen molar-refractivity contribution in [2.24, 2.45) is 7.05 Å². The normalized spacial score (nSPS) is 14.5. The van der Waals surface area contributed by atoms with Crippen molar-refractivity contribution in [2.45, 2.75) is 25.9 Å². The SMILES string of the molecule is C[C@@H]1Cc2ccccc2CN1C(=O)c1cc2c(cc1-c1cc(C(=O)N(c3ccc(OP(=O)([O-])[O-])cc3)c3cnc4c(ccn4C)c3)c3ccccn13)OCO2.[Na+].[Na+]. The van der Waals surface area contributed by atoms with Gasteiger partial charge in [-0.15, -0.1) is 0 Å². The molecule has 0 N–H and O–H groups in total. The van der Waals surface area contributed by atoms with Crippen molar-refractivity contribution in [3.8, 4) is 28.5 Å². The fraction of sp³-hybridized carbons (Fsp3) is 0.146. The molecule has 0 aliphatic carbocycles. The van der Waals surface area contributed by atoms with Gasteiger partial charge in [0.1, 0.15) is 19.2 Å². The van der Waals surface area contributed by atoms with Crippen molar-refractivity contribution in [3.63, 3.8) is 0 Å². The summed E-state index contributed by atoms with van der Waals surface area (Å²) >= 11 is 0. The summed E-state index contributed by atoms with van der Waals surface area (Å²) in [7, 11) is -3.44. The minimum Gasteiger partial charge on any atom is -0.780 e. The van der Waals surface area contributed by atoms with Crippen LogP contribution in [0.25, 0.3) is 27.8 Å². The number of fused-ring (bicyclic) bond motifs is 4. The Kier molecular flexibility index (Phi) is 11.5. The van der Waals surface area contributed by atoms with Crippen LogP contribution in [0.5, 0.6) is 17.2 Å². The minimum atomic E-state index is -5.31. The molecule has 57 heavy (non-hydrogen) atoms. The van der Waals surface area contributed by atoms with E-state index in [9.17, 15) is 19.1 Å². The minimum absolute atomic E-state index is 0. The zero-order valence-corrected chi connectivity index (χ0v) is 36.5. The number of anilines is 2. The molecule has 0 spiro atoms. The number of carbonyl (C=O) groups is 2. The molecule has 0 fully saturated rings. The third kappa shape index (κ3) is 7.68. The molecule has 0 saturated heterocycles. The molecule has 6 heterocycles. The van der Waals surface area contributed by atoms with Crippen molar-refractivity contribution in [2.75, 3.05) is 11.7 Å². The summed E-state index contributed by atoms with van der Waals surface area (Å²) in [6, 6.07) is 28.1. The van der Waals surface area contributed by atoms with Gasteiger partial charge in [0.2, 0.25) is 6.79 Å². The van der Waals surface area contributed by atoms with Gasteiger partial charge in [-0.25, -0.2) is 4.98 Å². The van der Waals surface area contributed by atoms with Gasteiger partial charge in [-0.1, -0.05) is 30.3 Å². The van der Waals surface area contributed by atoms with Crippen molar-refractivity contribution >= 4 is 47.6 Å². The van der Waals surface area contributed by atoms with Gasteiger partial charge in [0, 0.05) is 48.7 Å². The van der Waals surface area contributed by atoms with E-state index in [2.05, 4.69) is 15.6 Å². The van der Waals surface area contributed by atoms with Crippen molar-refractivity contribution in [1.29, 1.82) is 0 Å². The summed E-state index contributed by atoms with van der Waals surface area (Å²) in [4.78, 5) is 60.3. The number of carbonyl (C=O) groups excluding carboxylic acids is 2. The van der Waals surface area contributed by atoms with Crippen LogP contribution in [-0.2, 0) is 24.6 Å². The van der Waals surface area contributed by atoms with Crippen LogP contribution >= 0.6 is 7.82 Å². The number of amides is 2. The van der Waals surface area contributed by atoms with E-state index in [1.54, 1.807) is 24.4 Å². The topological polar surface area (TPSA) is 154 Å². The second kappa shape index (κ2) is 16.1. The number of hydrogen-bond acceptors (Lipinski definition) is 9. The van der Waals surface area contributed by atoms with E-state index >= 15 is 4.79 Å². The summed E-state index contributed by atoms with van der Waals surface area (Å²) in [6.07, 6.45) is 6.00. The predicted octanol–water partition coefficient (Wildman–Crippen LogP) is 0.00270. The standard InChI is InChI=1S/C41H34N5O8P.2Na/c1-25-17-26-7-3-4-8-28(26)23-45(25)40(47)33-21-38-37(52-24-53-38)20-32(33)36-19-34(35-9-5-6-15-44(35)36)41(48)46(29-10-12-31(13-11-29)54-55(49,50)51)30-18-27-14-16-43(2)39(27)42-22-30;;/h3-16,18-22,25H,17,23-24H2,1-2H3,(H2,49,50,51);;/q;2*+1/p-2/t25-;;/m1../s1. The van der Waals surface area contributed by atoms with Gasteiger partial charge in [-0.3, -0.25) is 14.5 Å². The van der Waals surface area contributed by atoms with Gasteiger partial charge < -0.3 is 42.2 Å². The van der Waals surface area contributed by atoms with Crippen molar-refractivity contribution in [1.82, 2.24) is 18.9 Å². The maximum atomic E-state index is 15.1. The Morgan fingerprint density at radius 1 is 0.860 bits per heavy atom. The number of hydrogen-bond donors (Lipinski definition) is 0. The van der Waals surface area contributed by atoms with Gasteiger partial charge in [0.25, 0.3) is 11.8 Å². The Balaban J connectivity index is 0.00000248. The number of nitrogens with zero attached hydrogens (tertiary/aromatic N) is 5. The Morgan fingerprint density at radius 3 is 2.33 bits per heavy atom. The Hall–Kier alpha value is -4.40. The number of rotatable bonds is 7. The predicted molar refractivity (Wildman–Crippen MR) is 200 cm³/mol. The molecule has 9 rings (SSSR count). The molecular weight excluding hydrogens is 767 g/mol. The van der Waals surface area contributed by atoms with Gasteiger partial charge >= 0.3 is 59.1 Å². The van der Waals surface area contributed by atoms with Crippen LogP contribution in [0.3, 0.4) is 0 Å². The Bertz CT molecular complexity index is 2730. The Morgan fingerprint density at radius 2 is 1.58 bits per heavy atom. The van der Waals surface area contributed by atoms with E-state index < -0.39 is 13.7 Å². The molecular formula is C41H32N5Na2O8P. The number of phosphoric acid groups is 1. The second-order valence-electron chi connectivity index (χ2n) is 13.6. The van der Waals surface area contributed by atoms with Crippen molar-refractivity contribution < 1.29 is 97.1 Å². The first-order valence-electron chi connectivity index (χ1n) is 17.5. The first-order chi connectivity index (χ1) is 26.5. The monoisotopic (exact) mass is 799 g/mol. The number of ether oxygens (including phenoxy) is 2. The average molecular weight is 800 g/mol. The summed E-state index contributed by atoms with van der Waals surface area (Å²) in [6.45, 7) is 2.50. The molecule has 16 heteroatoms. The average Bonchev–Trinajstić information content (AvgIpc) is 3.90. The number of aromatic nitrogens is 3. The molecule has 1 atom stereocenters. The number of aryl methyl sites for hydroxylation is 1. The number of benzene rings is 3. The van der Waals surface area contributed by atoms with Crippen LogP contribution in [0, 0.1) is 0 Å². The zero-order chi connectivity index (χ0) is 38.0. The van der Waals surface area contributed by atoms with Crippen LogP contribution in [0.2, 0.25) is 0 Å². The first kappa shape index (κ1) is 40.8. The van der Waals surface area contributed by atoms with Crippen LogP contribution in [0.15, 0.2) is 116 Å². The summed E-state index contributed by atoms with van der Waals surface area (Å²) in [5.74, 6) is 0.135. The third-order valence-electron chi connectivity index (χ3n) is 10.2. The van der Waals surface area contributed by atoms with Crippen molar-refractivity contribution in [3.05, 3.63) is 138 Å². The molecule has 13 nitrogen and oxygen atoms in total. The van der Waals surface area contributed by atoms with E-state index in [0.717, 1.165) is 10.9 Å². The fourth-order valence-electron chi connectivity index (χ4n) is 7.52. The number of pyridine rings is 2. The molecule has 0 radical (unpaired) electrons. The molecule has 3 aromatic carbocycles. The quantitative estimate of drug-likeness (QED) is 0.160. The largest absolute Gasteiger partial charge is 1.00 e. The first-order valence-corrected chi connectivity index (χ1v) is 19.0. The molecule has 2 aliphatic rings. The van der Waals surface area contributed by atoms with E-state index in [0.29, 0.717) is 69.4 Å². The molecule has 0 saturated carbocycles. The maximum Gasteiger partial charge on any atom is 1.00 e. The molecule has 2 aliphatic heterocycles. The van der Waals surface area contributed by atoms with E-state index in [1.165, 1.54) is 34.7 Å². The van der Waals surface area contributed by atoms with Crippen LogP contribution in [0.4, 0.5) is 11.4 Å². The molecule has 4 aromatic heterocycles. The van der Waals surface area contributed by atoms with Gasteiger partial charge in [-0.05, 0) is 91.2 Å². The van der Waals surface area contributed by atoms with Crippen LogP contribution in [0.1, 0.15) is 38.8 Å². The maximum absolute atomic E-state index is 15.1.